The van der Waals surface area contributed by atoms with Gasteiger partial charge in [0.1, 0.15) is 0 Å². The van der Waals surface area contributed by atoms with Gasteiger partial charge >= 0.3 is 0 Å². The first-order valence-corrected chi connectivity index (χ1v) is 5.86. The molecule has 0 aliphatic carbocycles. The number of hydrogen-bond donors (Lipinski definition) is 2. The molecule has 0 saturated carbocycles. The minimum Gasteiger partial charge on any atom is -0.395 e. The first kappa shape index (κ1) is 13.0. The van der Waals surface area contributed by atoms with Crippen LogP contribution >= 0.6 is 0 Å². The molecule has 16 heavy (non-hydrogen) atoms. The largest absolute Gasteiger partial charge is 0.395 e. The van der Waals surface area contributed by atoms with Crippen LogP contribution in [0.15, 0.2) is 24.3 Å². The zero-order chi connectivity index (χ0) is 12.0. The molecule has 0 bridgehead atoms. The maximum absolute atomic E-state index is 9.67. The zero-order valence-electron chi connectivity index (χ0n) is 10.1. The average molecular weight is 223 g/mol. The van der Waals surface area contributed by atoms with Crippen molar-refractivity contribution in [3.8, 4) is 0 Å². The summed E-state index contributed by atoms with van der Waals surface area (Å²) in [4.78, 5) is 2.10. The third-order valence-corrected chi connectivity index (χ3v) is 2.78. The highest BCUT2D eigenvalue weighted by Crippen LogP contribution is 2.20. The maximum Gasteiger partial charge on any atom is 0.0787 e. The van der Waals surface area contributed by atoms with Crippen molar-refractivity contribution in [3.63, 3.8) is 0 Å². The van der Waals surface area contributed by atoms with Crippen LogP contribution in [0.2, 0.25) is 0 Å². The van der Waals surface area contributed by atoms with Gasteiger partial charge in [0.15, 0.2) is 0 Å². The van der Waals surface area contributed by atoms with E-state index in [-0.39, 0.29) is 12.7 Å². The number of rotatable bonds is 6. The monoisotopic (exact) mass is 223 g/mol. The van der Waals surface area contributed by atoms with E-state index in [0.29, 0.717) is 6.54 Å². The van der Waals surface area contributed by atoms with Gasteiger partial charge in [0.25, 0.3) is 0 Å². The van der Waals surface area contributed by atoms with E-state index in [1.54, 1.807) is 0 Å². The van der Waals surface area contributed by atoms with Crippen LogP contribution in [0.3, 0.4) is 0 Å². The Morgan fingerprint density at radius 1 is 1.19 bits per heavy atom. The first-order valence-electron chi connectivity index (χ1n) is 5.86. The van der Waals surface area contributed by atoms with Crippen molar-refractivity contribution in [2.45, 2.75) is 26.4 Å². The standard InChI is InChI=1S/C13H21NO2/c1-3-13(16)11-5-7-12(8-6-11)14(4-2)9-10-15/h5-8,13,15-16H,3-4,9-10H2,1-2H3/t13-/m0/s1. The predicted molar refractivity (Wildman–Crippen MR) is 66.7 cm³/mol. The molecule has 0 aliphatic heterocycles. The second-order valence-corrected chi connectivity index (χ2v) is 3.82. The molecule has 0 heterocycles. The van der Waals surface area contributed by atoms with Gasteiger partial charge in [-0.25, -0.2) is 0 Å². The summed E-state index contributed by atoms with van der Waals surface area (Å²) in [6.45, 7) is 5.70. The van der Waals surface area contributed by atoms with E-state index in [4.69, 9.17) is 5.11 Å². The van der Waals surface area contributed by atoms with Gasteiger partial charge in [-0.15, -0.1) is 0 Å². The molecule has 1 atom stereocenters. The van der Waals surface area contributed by atoms with E-state index >= 15 is 0 Å². The summed E-state index contributed by atoms with van der Waals surface area (Å²) in [7, 11) is 0. The number of benzene rings is 1. The summed E-state index contributed by atoms with van der Waals surface area (Å²) >= 11 is 0. The minimum atomic E-state index is -0.373. The third-order valence-electron chi connectivity index (χ3n) is 2.78. The lowest BCUT2D eigenvalue weighted by Gasteiger charge is -2.22. The Kier molecular flexibility index (Phi) is 5.29. The van der Waals surface area contributed by atoms with Crippen LogP contribution in [-0.2, 0) is 0 Å². The zero-order valence-corrected chi connectivity index (χ0v) is 10.1. The lowest BCUT2D eigenvalue weighted by molar-refractivity contribution is 0.173. The number of hydrogen-bond acceptors (Lipinski definition) is 3. The Bertz CT molecular complexity index is 297. The van der Waals surface area contributed by atoms with Gasteiger partial charge in [0, 0.05) is 18.8 Å². The quantitative estimate of drug-likeness (QED) is 0.774. The molecule has 0 aliphatic rings. The highest BCUT2D eigenvalue weighted by Gasteiger charge is 2.06. The number of anilines is 1. The molecule has 90 valence electrons. The van der Waals surface area contributed by atoms with Crippen LogP contribution in [0.4, 0.5) is 5.69 Å². The number of aliphatic hydroxyl groups excluding tert-OH is 2. The maximum atomic E-state index is 9.67. The second kappa shape index (κ2) is 6.51. The van der Waals surface area contributed by atoms with Gasteiger partial charge < -0.3 is 15.1 Å². The number of nitrogens with zero attached hydrogens (tertiary/aromatic N) is 1. The molecule has 3 heteroatoms. The van der Waals surface area contributed by atoms with Gasteiger partial charge in [-0.3, -0.25) is 0 Å². The smallest absolute Gasteiger partial charge is 0.0787 e. The molecule has 0 saturated heterocycles. The fraction of sp³-hybridized carbons (Fsp3) is 0.538. The summed E-state index contributed by atoms with van der Waals surface area (Å²) < 4.78 is 0. The molecular weight excluding hydrogens is 202 g/mol. The van der Waals surface area contributed by atoms with Crippen molar-refractivity contribution in [1.29, 1.82) is 0 Å². The normalized spacial score (nSPS) is 12.5. The van der Waals surface area contributed by atoms with Crippen LogP contribution in [0.25, 0.3) is 0 Å². The van der Waals surface area contributed by atoms with Gasteiger partial charge in [-0.05, 0) is 31.0 Å². The lowest BCUT2D eigenvalue weighted by atomic mass is 10.1. The fourth-order valence-corrected chi connectivity index (χ4v) is 1.73. The molecule has 1 aromatic rings. The Hall–Kier alpha value is -1.06. The van der Waals surface area contributed by atoms with Crippen molar-refractivity contribution in [3.05, 3.63) is 29.8 Å². The molecular formula is C13H21NO2. The van der Waals surface area contributed by atoms with Crippen LogP contribution in [-0.4, -0.2) is 29.9 Å². The van der Waals surface area contributed by atoms with Crippen molar-refractivity contribution in [1.82, 2.24) is 0 Å². The van der Waals surface area contributed by atoms with E-state index in [2.05, 4.69) is 11.8 Å². The first-order chi connectivity index (χ1) is 7.72. The molecule has 0 spiro atoms. The third kappa shape index (κ3) is 3.22. The number of aliphatic hydroxyl groups is 2. The van der Waals surface area contributed by atoms with Gasteiger partial charge in [-0.2, -0.15) is 0 Å². The molecule has 1 aromatic carbocycles. The van der Waals surface area contributed by atoms with Crippen molar-refractivity contribution >= 4 is 5.69 Å². The van der Waals surface area contributed by atoms with E-state index in [9.17, 15) is 5.11 Å². The summed E-state index contributed by atoms with van der Waals surface area (Å²) in [6, 6.07) is 7.88. The van der Waals surface area contributed by atoms with Gasteiger partial charge in [-0.1, -0.05) is 19.1 Å². The summed E-state index contributed by atoms with van der Waals surface area (Å²) in [5.74, 6) is 0. The molecule has 0 aromatic heterocycles. The lowest BCUT2D eigenvalue weighted by Crippen LogP contribution is -2.26. The average Bonchev–Trinajstić information content (AvgIpc) is 2.35. The fourth-order valence-electron chi connectivity index (χ4n) is 1.73. The van der Waals surface area contributed by atoms with Gasteiger partial charge in [0.05, 0.1) is 12.7 Å². The highest BCUT2D eigenvalue weighted by atomic mass is 16.3. The van der Waals surface area contributed by atoms with Crippen LogP contribution in [0.5, 0.6) is 0 Å². The molecule has 0 unspecified atom stereocenters. The minimum absolute atomic E-state index is 0.160. The Labute approximate surface area is 97.3 Å². The number of likely N-dealkylation sites (N-methyl/N-ethyl adjacent to an activating group) is 1. The van der Waals surface area contributed by atoms with E-state index < -0.39 is 0 Å². The summed E-state index contributed by atoms with van der Waals surface area (Å²) in [5, 5.41) is 18.6. The SMILES string of the molecule is CC[C@H](O)c1ccc(N(CC)CCO)cc1. The molecule has 1 rings (SSSR count). The molecule has 3 nitrogen and oxygen atoms in total. The van der Waals surface area contributed by atoms with Gasteiger partial charge in [0.2, 0.25) is 0 Å². The van der Waals surface area contributed by atoms with Crippen LogP contribution < -0.4 is 4.90 Å². The van der Waals surface area contributed by atoms with E-state index in [1.807, 2.05) is 31.2 Å². The Morgan fingerprint density at radius 2 is 1.81 bits per heavy atom. The predicted octanol–water partition coefficient (Wildman–Crippen LogP) is 1.95. The summed E-state index contributed by atoms with van der Waals surface area (Å²) in [6.07, 6.45) is 0.356. The molecule has 2 N–H and O–H groups in total. The van der Waals surface area contributed by atoms with E-state index in [1.165, 1.54) is 0 Å². The second-order valence-electron chi connectivity index (χ2n) is 3.82. The molecule has 0 amide bonds. The summed E-state index contributed by atoms with van der Waals surface area (Å²) in [5.41, 5.74) is 2.04. The van der Waals surface area contributed by atoms with Crippen molar-refractivity contribution in [2.75, 3.05) is 24.6 Å². The molecule has 0 fully saturated rings. The van der Waals surface area contributed by atoms with E-state index in [0.717, 1.165) is 24.2 Å². The van der Waals surface area contributed by atoms with Crippen LogP contribution in [0, 0.1) is 0 Å². The Balaban J connectivity index is 2.76. The van der Waals surface area contributed by atoms with Crippen molar-refractivity contribution < 1.29 is 10.2 Å². The molecule has 0 radical (unpaired) electrons. The van der Waals surface area contributed by atoms with Crippen molar-refractivity contribution in [2.24, 2.45) is 0 Å². The Morgan fingerprint density at radius 3 is 2.25 bits per heavy atom. The topological polar surface area (TPSA) is 43.7 Å². The highest BCUT2D eigenvalue weighted by molar-refractivity contribution is 5.47. The van der Waals surface area contributed by atoms with Crippen LogP contribution in [0.1, 0.15) is 31.9 Å².